The van der Waals surface area contributed by atoms with Crippen molar-refractivity contribution in [2.45, 2.75) is 29.4 Å². The summed E-state index contributed by atoms with van der Waals surface area (Å²) in [6.45, 7) is 0.183. The van der Waals surface area contributed by atoms with Gasteiger partial charge in [0.05, 0.1) is 17.4 Å². The minimum atomic E-state index is -0.563. The molecule has 0 radical (unpaired) electrons. The Labute approximate surface area is 168 Å². The lowest BCUT2D eigenvalue weighted by molar-refractivity contribution is -0.149. The second-order valence-corrected chi connectivity index (χ2v) is 7.64. The third-order valence-corrected chi connectivity index (χ3v) is 5.51. The van der Waals surface area contributed by atoms with E-state index in [0.29, 0.717) is 6.54 Å². The van der Waals surface area contributed by atoms with Gasteiger partial charge >= 0.3 is 5.97 Å². The fraction of sp³-hybridized carbons (Fsp3) is 0.286. The number of amides is 2. The van der Waals surface area contributed by atoms with Gasteiger partial charge in [-0.15, -0.1) is 11.8 Å². The molecule has 3 rings (SSSR count). The molecule has 146 valence electrons. The minimum absolute atomic E-state index is 0.0773. The molecule has 2 aromatic carbocycles. The van der Waals surface area contributed by atoms with Gasteiger partial charge < -0.3 is 15.4 Å². The molecule has 1 heterocycles. The number of nitrogens with one attached hydrogen (secondary N) is 2. The highest BCUT2D eigenvalue weighted by Gasteiger charge is 2.29. The summed E-state index contributed by atoms with van der Waals surface area (Å²) < 4.78 is 5.01. The fourth-order valence-electron chi connectivity index (χ4n) is 2.80. The SMILES string of the molecule is O=C(COC(=O)C[C@H]1Sc2ccccc2NC1=O)NCCCc1ccccc1. The number of anilines is 1. The van der Waals surface area contributed by atoms with Crippen LogP contribution in [0.4, 0.5) is 5.69 Å². The smallest absolute Gasteiger partial charge is 0.307 e. The number of carbonyl (C=O) groups is 3. The zero-order valence-corrected chi connectivity index (χ0v) is 16.2. The molecule has 0 fully saturated rings. The quantitative estimate of drug-likeness (QED) is 0.528. The lowest BCUT2D eigenvalue weighted by Gasteiger charge is -2.23. The predicted molar refractivity (Wildman–Crippen MR) is 108 cm³/mol. The average Bonchev–Trinajstić information content (AvgIpc) is 2.71. The monoisotopic (exact) mass is 398 g/mol. The Bertz CT molecular complexity index is 841. The number of thioether (sulfide) groups is 1. The number of para-hydroxylation sites is 1. The van der Waals surface area contributed by atoms with E-state index < -0.39 is 11.2 Å². The van der Waals surface area contributed by atoms with Crippen LogP contribution in [0.2, 0.25) is 0 Å². The van der Waals surface area contributed by atoms with Gasteiger partial charge in [-0.25, -0.2) is 0 Å². The first-order chi connectivity index (χ1) is 13.6. The average molecular weight is 398 g/mol. The van der Waals surface area contributed by atoms with E-state index in [2.05, 4.69) is 10.6 Å². The van der Waals surface area contributed by atoms with Crippen LogP contribution in [0.15, 0.2) is 59.5 Å². The van der Waals surface area contributed by atoms with Crippen LogP contribution in [-0.2, 0) is 25.5 Å². The summed E-state index contributed by atoms with van der Waals surface area (Å²) in [4.78, 5) is 36.8. The third-order valence-electron chi connectivity index (χ3n) is 4.23. The number of hydrogen-bond donors (Lipinski definition) is 2. The Morgan fingerprint density at radius 2 is 1.82 bits per heavy atom. The Kier molecular flexibility index (Phi) is 7.08. The summed E-state index contributed by atoms with van der Waals surface area (Å²) in [6, 6.07) is 17.4. The summed E-state index contributed by atoms with van der Waals surface area (Å²) in [5.41, 5.74) is 1.96. The number of benzene rings is 2. The van der Waals surface area contributed by atoms with Crippen LogP contribution in [0.25, 0.3) is 0 Å². The van der Waals surface area contributed by atoms with E-state index in [1.807, 2.05) is 54.6 Å². The molecule has 0 saturated heterocycles. The molecule has 1 aliphatic rings. The molecular formula is C21H22N2O4S. The first-order valence-electron chi connectivity index (χ1n) is 9.14. The highest BCUT2D eigenvalue weighted by atomic mass is 32.2. The van der Waals surface area contributed by atoms with Gasteiger partial charge in [-0.3, -0.25) is 14.4 Å². The number of hydrogen-bond acceptors (Lipinski definition) is 5. The summed E-state index contributed by atoms with van der Waals surface area (Å²) in [6.07, 6.45) is 1.60. The standard InChI is InChI=1S/C21H22N2O4S/c24-19(22-12-6-9-15-7-2-1-3-8-15)14-27-20(25)13-18-21(26)23-16-10-4-5-11-17(16)28-18/h1-5,7-8,10-11,18H,6,9,12-14H2,(H,22,24)(H,23,26)/t18-/m1/s1. The van der Waals surface area contributed by atoms with Crippen molar-refractivity contribution in [2.75, 3.05) is 18.5 Å². The van der Waals surface area contributed by atoms with E-state index in [1.54, 1.807) is 0 Å². The van der Waals surface area contributed by atoms with Gasteiger partial charge in [0.15, 0.2) is 6.61 Å². The number of aryl methyl sites for hydroxylation is 1. The molecule has 2 N–H and O–H groups in total. The minimum Gasteiger partial charge on any atom is -0.456 e. The zero-order valence-electron chi connectivity index (χ0n) is 15.4. The van der Waals surface area contributed by atoms with Gasteiger partial charge in [-0.2, -0.15) is 0 Å². The van der Waals surface area contributed by atoms with Crippen molar-refractivity contribution >= 4 is 35.2 Å². The maximum Gasteiger partial charge on any atom is 0.307 e. The number of carbonyl (C=O) groups excluding carboxylic acids is 3. The van der Waals surface area contributed by atoms with E-state index >= 15 is 0 Å². The van der Waals surface area contributed by atoms with E-state index in [4.69, 9.17) is 4.74 Å². The molecule has 7 heteroatoms. The summed E-state index contributed by atoms with van der Waals surface area (Å²) in [5.74, 6) is -1.13. The van der Waals surface area contributed by atoms with Crippen LogP contribution in [-0.4, -0.2) is 36.2 Å². The molecule has 0 spiro atoms. The van der Waals surface area contributed by atoms with Gasteiger partial charge in [0.25, 0.3) is 5.91 Å². The second-order valence-electron chi connectivity index (χ2n) is 6.40. The van der Waals surface area contributed by atoms with Crippen LogP contribution < -0.4 is 10.6 Å². The number of esters is 1. The van der Waals surface area contributed by atoms with Crippen LogP contribution in [0, 0.1) is 0 Å². The van der Waals surface area contributed by atoms with Crippen LogP contribution in [0.5, 0.6) is 0 Å². The van der Waals surface area contributed by atoms with Crippen molar-refractivity contribution in [3.05, 3.63) is 60.2 Å². The van der Waals surface area contributed by atoms with Crippen molar-refractivity contribution in [1.82, 2.24) is 5.32 Å². The van der Waals surface area contributed by atoms with Gasteiger partial charge in [0.2, 0.25) is 5.91 Å². The molecular weight excluding hydrogens is 376 g/mol. The third kappa shape index (κ3) is 5.85. The molecule has 28 heavy (non-hydrogen) atoms. The van der Waals surface area contributed by atoms with E-state index in [-0.39, 0.29) is 24.8 Å². The molecule has 0 aliphatic carbocycles. The van der Waals surface area contributed by atoms with Gasteiger partial charge in [-0.05, 0) is 30.5 Å². The normalized spacial score (nSPS) is 15.3. The van der Waals surface area contributed by atoms with Crippen LogP contribution in [0.1, 0.15) is 18.4 Å². The van der Waals surface area contributed by atoms with E-state index in [9.17, 15) is 14.4 Å². The lowest BCUT2D eigenvalue weighted by Crippen LogP contribution is -2.33. The van der Waals surface area contributed by atoms with E-state index in [0.717, 1.165) is 23.4 Å². The Hall–Kier alpha value is -2.80. The highest BCUT2D eigenvalue weighted by molar-refractivity contribution is 8.01. The molecule has 1 atom stereocenters. The zero-order chi connectivity index (χ0) is 19.8. The summed E-state index contributed by atoms with van der Waals surface area (Å²) >= 11 is 1.33. The molecule has 2 aromatic rings. The molecule has 1 aliphatic heterocycles. The first-order valence-corrected chi connectivity index (χ1v) is 10.0. The van der Waals surface area contributed by atoms with Crippen LogP contribution >= 0.6 is 11.8 Å². The maximum atomic E-state index is 12.1. The maximum absolute atomic E-state index is 12.1. The molecule has 0 unspecified atom stereocenters. The topological polar surface area (TPSA) is 84.5 Å². The Morgan fingerprint density at radius 3 is 2.64 bits per heavy atom. The molecule has 2 amide bonds. The van der Waals surface area contributed by atoms with Gasteiger partial charge in [0, 0.05) is 11.4 Å². The largest absolute Gasteiger partial charge is 0.456 e. The molecule has 0 saturated carbocycles. The first kappa shape index (κ1) is 19.9. The predicted octanol–water partition coefficient (Wildman–Crippen LogP) is 2.78. The Morgan fingerprint density at radius 1 is 1.07 bits per heavy atom. The highest BCUT2D eigenvalue weighted by Crippen LogP contribution is 2.36. The van der Waals surface area contributed by atoms with Crippen molar-refractivity contribution < 1.29 is 19.1 Å². The molecule has 0 bridgehead atoms. The number of ether oxygens (including phenoxy) is 1. The number of fused-ring (bicyclic) bond motifs is 1. The van der Waals surface area contributed by atoms with Crippen LogP contribution in [0.3, 0.4) is 0 Å². The van der Waals surface area contributed by atoms with Gasteiger partial charge in [-0.1, -0.05) is 42.5 Å². The Balaban J connectivity index is 1.34. The van der Waals surface area contributed by atoms with Crippen molar-refractivity contribution in [3.63, 3.8) is 0 Å². The fourth-order valence-corrected chi connectivity index (χ4v) is 3.89. The molecule has 6 nitrogen and oxygen atoms in total. The van der Waals surface area contributed by atoms with E-state index in [1.165, 1.54) is 17.3 Å². The van der Waals surface area contributed by atoms with Crippen molar-refractivity contribution in [1.29, 1.82) is 0 Å². The second kappa shape index (κ2) is 9.94. The van der Waals surface area contributed by atoms with Gasteiger partial charge in [0.1, 0.15) is 0 Å². The lowest BCUT2D eigenvalue weighted by atomic mass is 10.1. The summed E-state index contributed by atoms with van der Waals surface area (Å²) in [5, 5.41) is 4.96. The van der Waals surface area contributed by atoms with Crippen molar-refractivity contribution in [2.24, 2.45) is 0 Å². The molecule has 0 aromatic heterocycles. The summed E-state index contributed by atoms with van der Waals surface area (Å²) in [7, 11) is 0. The van der Waals surface area contributed by atoms with Crippen molar-refractivity contribution in [3.8, 4) is 0 Å². The number of rotatable bonds is 8.